The Labute approximate surface area is 164 Å². The van der Waals surface area contributed by atoms with E-state index in [1.807, 2.05) is 6.92 Å². The third-order valence-corrected chi connectivity index (χ3v) is 5.13. The topological polar surface area (TPSA) is 84.0 Å². The second-order valence-electron chi connectivity index (χ2n) is 7.55. The van der Waals surface area contributed by atoms with E-state index in [-0.39, 0.29) is 5.91 Å². The van der Waals surface area contributed by atoms with Gasteiger partial charge in [0, 0.05) is 51.7 Å². The monoisotopic (exact) mass is 382 g/mol. The number of aliphatic imine (C=N–C) groups is 1. The zero-order valence-corrected chi connectivity index (χ0v) is 16.9. The lowest BCUT2D eigenvalue weighted by Gasteiger charge is -2.13. The zero-order valence-electron chi connectivity index (χ0n) is 16.9. The molecule has 1 atom stereocenters. The maximum absolute atomic E-state index is 11.9. The second-order valence-corrected chi connectivity index (χ2v) is 7.55. The van der Waals surface area contributed by atoms with Gasteiger partial charge in [-0.1, -0.05) is 12.8 Å². The number of hydrogen-bond acceptors (Lipinski definition) is 4. The van der Waals surface area contributed by atoms with Gasteiger partial charge in [0.25, 0.3) is 0 Å². The van der Waals surface area contributed by atoms with E-state index in [1.165, 1.54) is 25.7 Å². The van der Waals surface area contributed by atoms with E-state index < -0.39 is 0 Å². The summed E-state index contributed by atoms with van der Waals surface area (Å²) in [6.07, 6.45) is 7.68. The first-order valence-corrected chi connectivity index (χ1v) is 10.7. The smallest absolute Gasteiger partial charge is 0.220 e. The van der Waals surface area contributed by atoms with Crippen molar-refractivity contribution in [3.63, 3.8) is 0 Å². The summed E-state index contributed by atoms with van der Waals surface area (Å²) >= 11 is 0. The van der Waals surface area contributed by atoms with Crippen LogP contribution in [-0.2, 0) is 14.3 Å². The van der Waals surface area contributed by atoms with Gasteiger partial charge in [-0.05, 0) is 38.5 Å². The number of carbonyl (C=O) groups is 1. The largest absolute Gasteiger partial charge is 0.381 e. The Kier molecular flexibility index (Phi) is 11.2. The molecule has 1 aliphatic heterocycles. The molecule has 1 saturated heterocycles. The number of rotatable bonds is 12. The summed E-state index contributed by atoms with van der Waals surface area (Å²) in [6.45, 7) is 8.14. The number of nitrogens with one attached hydrogen (secondary N) is 3. The first kappa shape index (κ1) is 22.0. The lowest BCUT2D eigenvalue weighted by molar-refractivity contribution is -0.121. The van der Waals surface area contributed by atoms with Crippen LogP contribution in [0.3, 0.4) is 0 Å². The molecule has 7 heteroatoms. The van der Waals surface area contributed by atoms with Gasteiger partial charge < -0.3 is 25.4 Å². The molecule has 0 spiro atoms. The molecule has 0 radical (unpaired) electrons. The van der Waals surface area contributed by atoms with Crippen molar-refractivity contribution in [1.29, 1.82) is 0 Å². The minimum atomic E-state index is 0.176. The molecule has 2 rings (SSSR count). The molecule has 1 amide bonds. The Hall–Kier alpha value is -1.34. The highest BCUT2D eigenvalue weighted by Crippen LogP contribution is 2.27. The van der Waals surface area contributed by atoms with Crippen LogP contribution in [0.15, 0.2) is 4.99 Å². The van der Waals surface area contributed by atoms with Gasteiger partial charge in [-0.2, -0.15) is 0 Å². The summed E-state index contributed by atoms with van der Waals surface area (Å²) in [7, 11) is 0. The third-order valence-electron chi connectivity index (χ3n) is 5.13. The number of hydrogen-bond donors (Lipinski definition) is 3. The van der Waals surface area contributed by atoms with Crippen LogP contribution in [0.5, 0.6) is 0 Å². The average Bonchev–Trinajstić information content (AvgIpc) is 3.35. The van der Waals surface area contributed by atoms with Gasteiger partial charge in [0.1, 0.15) is 0 Å². The van der Waals surface area contributed by atoms with E-state index in [1.54, 1.807) is 0 Å². The first-order chi connectivity index (χ1) is 13.3. The van der Waals surface area contributed by atoms with Crippen molar-refractivity contribution in [3.8, 4) is 0 Å². The highest BCUT2D eigenvalue weighted by atomic mass is 16.5. The maximum Gasteiger partial charge on any atom is 0.220 e. The fourth-order valence-corrected chi connectivity index (χ4v) is 3.60. The molecule has 1 heterocycles. The molecule has 3 N–H and O–H groups in total. The molecule has 2 fully saturated rings. The van der Waals surface area contributed by atoms with E-state index in [0.29, 0.717) is 31.3 Å². The second kappa shape index (κ2) is 13.8. The van der Waals surface area contributed by atoms with Gasteiger partial charge in [0.2, 0.25) is 5.91 Å². The number of guanidine groups is 1. The van der Waals surface area contributed by atoms with Crippen molar-refractivity contribution in [2.24, 2.45) is 16.8 Å². The predicted octanol–water partition coefficient (Wildman–Crippen LogP) is 1.68. The SMILES string of the molecule is CCNC(=NCCCOCC1CCOC1)NCCNC(=O)CC1CCCC1. The van der Waals surface area contributed by atoms with Crippen LogP contribution in [0, 0.1) is 11.8 Å². The van der Waals surface area contributed by atoms with Gasteiger partial charge in [-0.3, -0.25) is 9.79 Å². The van der Waals surface area contributed by atoms with Crippen molar-refractivity contribution in [1.82, 2.24) is 16.0 Å². The molecule has 0 aromatic carbocycles. The van der Waals surface area contributed by atoms with E-state index in [4.69, 9.17) is 9.47 Å². The van der Waals surface area contributed by atoms with Crippen LogP contribution in [0.1, 0.15) is 51.9 Å². The molecule has 1 unspecified atom stereocenters. The molecule has 7 nitrogen and oxygen atoms in total. The fraction of sp³-hybridized carbons (Fsp3) is 0.900. The van der Waals surface area contributed by atoms with Crippen LogP contribution >= 0.6 is 0 Å². The van der Waals surface area contributed by atoms with Crippen molar-refractivity contribution in [2.75, 3.05) is 52.6 Å². The molecule has 0 bridgehead atoms. The Balaban J connectivity index is 1.49. The maximum atomic E-state index is 11.9. The van der Waals surface area contributed by atoms with E-state index in [2.05, 4.69) is 20.9 Å². The van der Waals surface area contributed by atoms with Gasteiger partial charge in [-0.15, -0.1) is 0 Å². The Morgan fingerprint density at radius 1 is 1.11 bits per heavy atom. The Morgan fingerprint density at radius 3 is 2.67 bits per heavy atom. The highest BCUT2D eigenvalue weighted by molar-refractivity contribution is 5.80. The van der Waals surface area contributed by atoms with Crippen LogP contribution in [0.25, 0.3) is 0 Å². The van der Waals surface area contributed by atoms with Gasteiger partial charge in [-0.25, -0.2) is 0 Å². The number of carbonyl (C=O) groups excluding carboxylic acids is 1. The lowest BCUT2D eigenvalue weighted by Crippen LogP contribution is -2.41. The van der Waals surface area contributed by atoms with Crippen LogP contribution < -0.4 is 16.0 Å². The third kappa shape index (κ3) is 9.96. The summed E-state index contributed by atoms with van der Waals surface area (Å²) in [5.74, 6) is 2.14. The quantitative estimate of drug-likeness (QED) is 0.272. The molecule has 0 aromatic rings. The molecule has 156 valence electrons. The van der Waals surface area contributed by atoms with E-state index in [0.717, 1.165) is 58.3 Å². The first-order valence-electron chi connectivity index (χ1n) is 10.7. The molecule has 2 aliphatic rings. The highest BCUT2D eigenvalue weighted by Gasteiger charge is 2.18. The van der Waals surface area contributed by atoms with Gasteiger partial charge in [0.05, 0.1) is 13.2 Å². The summed E-state index contributed by atoms with van der Waals surface area (Å²) in [5, 5.41) is 9.51. The number of nitrogens with zero attached hydrogens (tertiary/aromatic N) is 1. The Bertz CT molecular complexity index is 433. The summed E-state index contributed by atoms with van der Waals surface area (Å²) in [4.78, 5) is 16.5. The zero-order chi connectivity index (χ0) is 19.2. The number of amides is 1. The van der Waals surface area contributed by atoms with E-state index >= 15 is 0 Å². The van der Waals surface area contributed by atoms with E-state index in [9.17, 15) is 4.79 Å². The summed E-state index contributed by atoms with van der Waals surface area (Å²) in [6, 6.07) is 0. The minimum Gasteiger partial charge on any atom is -0.381 e. The van der Waals surface area contributed by atoms with Crippen LogP contribution in [-0.4, -0.2) is 64.5 Å². The molecular weight excluding hydrogens is 344 g/mol. The minimum absolute atomic E-state index is 0.176. The fourth-order valence-electron chi connectivity index (χ4n) is 3.60. The summed E-state index contributed by atoms with van der Waals surface area (Å²) < 4.78 is 11.0. The van der Waals surface area contributed by atoms with Crippen molar-refractivity contribution >= 4 is 11.9 Å². The molecule has 27 heavy (non-hydrogen) atoms. The van der Waals surface area contributed by atoms with Gasteiger partial charge >= 0.3 is 0 Å². The molecular formula is C20H38N4O3. The molecule has 1 aliphatic carbocycles. The number of ether oxygens (including phenoxy) is 2. The normalized spacial score (nSPS) is 20.8. The molecule has 0 aromatic heterocycles. The van der Waals surface area contributed by atoms with Gasteiger partial charge in [0.15, 0.2) is 5.96 Å². The lowest BCUT2D eigenvalue weighted by atomic mass is 10.0. The van der Waals surface area contributed by atoms with Crippen molar-refractivity contribution < 1.29 is 14.3 Å². The van der Waals surface area contributed by atoms with Crippen LogP contribution in [0.2, 0.25) is 0 Å². The predicted molar refractivity (Wildman–Crippen MR) is 108 cm³/mol. The van der Waals surface area contributed by atoms with Crippen molar-refractivity contribution in [3.05, 3.63) is 0 Å². The summed E-state index contributed by atoms with van der Waals surface area (Å²) in [5.41, 5.74) is 0. The standard InChI is InChI=1S/C20H38N4O3/c1-2-21-20(23-9-5-12-26-15-18-8-13-27-16-18)24-11-10-22-19(25)14-17-6-3-4-7-17/h17-18H,2-16H2,1H3,(H,22,25)(H2,21,23,24). The Morgan fingerprint density at radius 2 is 1.93 bits per heavy atom. The molecule has 1 saturated carbocycles. The van der Waals surface area contributed by atoms with Crippen molar-refractivity contribution in [2.45, 2.75) is 51.9 Å². The average molecular weight is 383 g/mol. The van der Waals surface area contributed by atoms with Crippen LogP contribution in [0.4, 0.5) is 0 Å².